The smallest absolute Gasteiger partial charge is 0.132 e. The van der Waals surface area contributed by atoms with Crippen molar-refractivity contribution in [2.45, 2.75) is 33.1 Å². The Morgan fingerprint density at radius 1 is 1.33 bits per heavy atom. The topological polar surface area (TPSA) is 12.9 Å². The lowest BCUT2D eigenvalue weighted by Gasteiger charge is -2.20. The number of halogens is 1. The van der Waals surface area contributed by atoms with Gasteiger partial charge < -0.3 is 0 Å². The number of hydrogen-bond acceptors (Lipinski definition) is 1. The minimum atomic E-state index is 0.0795. The summed E-state index contributed by atoms with van der Waals surface area (Å²) in [6, 6.07) is 2.09. The molecule has 1 nitrogen and oxygen atoms in total. The van der Waals surface area contributed by atoms with Crippen molar-refractivity contribution < 1.29 is 0 Å². The minimum Gasteiger partial charge on any atom is -0.244 e. The lowest BCUT2D eigenvalue weighted by Crippen LogP contribution is -2.12. The SMILES string of the molecule is Cc1cnc(Cl)c(C(C)(C)C)c1. The summed E-state index contributed by atoms with van der Waals surface area (Å²) in [4.78, 5) is 4.11. The van der Waals surface area contributed by atoms with E-state index in [1.807, 2.05) is 6.92 Å². The average molecular weight is 184 g/mol. The summed E-state index contributed by atoms with van der Waals surface area (Å²) in [5, 5.41) is 0.619. The summed E-state index contributed by atoms with van der Waals surface area (Å²) in [6.07, 6.45) is 1.79. The molecule has 1 aromatic heterocycles. The molecule has 0 amide bonds. The van der Waals surface area contributed by atoms with Gasteiger partial charge in [0.15, 0.2) is 0 Å². The summed E-state index contributed by atoms with van der Waals surface area (Å²) in [5.41, 5.74) is 2.35. The summed E-state index contributed by atoms with van der Waals surface area (Å²) in [5.74, 6) is 0. The van der Waals surface area contributed by atoms with E-state index >= 15 is 0 Å². The number of rotatable bonds is 0. The van der Waals surface area contributed by atoms with Gasteiger partial charge in [0.05, 0.1) is 0 Å². The van der Waals surface area contributed by atoms with Crippen LogP contribution in [0.5, 0.6) is 0 Å². The van der Waals surface area contributed by atoms with Crippen LogP contribution in [-0.2, 0) is 5.41 Å². The monoisotopic (exact) mass is 183 g/mol. The van der Waals surface area contributed by atoms with Gasteiger partial charge in [0.2, 0.25) is 0 Å². The Morgan fingerprint density at radius 2 is 1.92 bits per heavy atom. The standard InChI is InChI=1S/C10H14ClN/c1-7-5-8(10(2,3)4)9(11)12-6-7/h5-6H,1-4H3. The Labute approximate surface area is 78.8 Å². The highest BCUT2D eigenvalue weighted by atomic mass is 35.5. The van der Waals surface area contributed by atoms with E-state index in [0.29, 0.717) is 5.15 Å². The molecular weight excluding hydrogens is 170 g/mol. The second-order valence-electron chi connectivity index (χ2n) is 4.10. The molecule has 0 aliphatic heterocycles. The summed E-state index contributed by atoms with van der Waals surface area (Å²) in [7, 11) is 0. The quantitative estimate of drug-likeness (QED) is 0.563. The van der Waals surface area contributed by atoms with Gasteiger partial charge in [-0.2, -0.15) is 0 Å². The van der Waals surface area contributed by atoms with Crippen LogP contribution in [0.4, 0.5) is 0 Å². The van der Waals surface area contributed by atoms with Crippen molar-refractivity contribution >= 4 is 11.6 Å². The molecule has 0 spiro atoms. The Balaban J connectivity index is 3.23. The molecule has 66 valence electrons. The zero-order chi connectivity index (χ0) is 9.35. The molecule has 0 radical (unpaired) electrons. The molecule has 2 heteroatoms. The first-order valence-corrected chi connectivity index (χ1v) is 4.41. The first-order chi connectivity index (χ1) is 5.41. The van der Waals surface area contributed by atoms with Crippen molar-refractivity contribution in [2.24, 2.45) is 0 Å². The highest BCUT2D eigenvalue weighted by Crippen LogP contribution is 2.28. The van der Waals surface area contributed by atoms with Crippen molar-refractivity contribution in [1.29, 1.82) is 0 Å². The summed E-state index contributed by atoms with van der Waals surface area (Å²) < 4.78 is 0. The molecule has 0 N–H and O–H groups in total. The van der Waals surface area contributed by atoms with Crippen LogP contribution in [0.1, 0.15) is 31.9 Å². The predicted molar refractivity (Wildman–Crippen MR) is 52.7 cm³/mol. The molecule has 1 rings (SSSR count). The molecule has 0 atom stereocenters. The fourth-order valence-corrected chi connectivity index (χ4v) is 1.47. The van der Waals surface area contributed by atoms with Gasteiger partial charge in [0.1, 0.15) is 5.15 Å². The zero-order valence-corrected chi connectivity index (χ0v) is 8.74. The minimum absolute atomic E-state index is 0.0795. The molecule has 0 aliphatic rings. The molecule has 12 heavy (non-hydrogen) atoms. The van der Waals surface area contributed by atoms with E-state index in [0.717, 1.165) is 11.1 Å². The summed E-state index contributed by atoms with van der Waals surface area (Å²) >= 11 is 5.97. The number of aryl methyl sites for hydroxylation is 1. The van der Waals surface area contributed by atoms with Crippen LogP contribution in [0.3, 0.4) is 0 Å². The van der Waals surface area contributed by atoms with Crippen molar-refractivity contribution in [3.05, 3.63) is 28.5 Å². The van der Waals surface area contributed by atoms with Crippen LogP contribution in [0.15, 0.2) is 12.3 Å². The van der Waals surface area contributed by atoms with Crippen molar-refractivity contribution in [1.82, 2.24) is 4.98 Å². The highest BCUT2D eigenvalue weighted by Gasteiger charge is 2.17. The van der Waals surface area contributed by atoms with Crippen LogP contribution in [-0.4, -0.2) is 4.98 Å². The van der Waals surface area contributed by atoms with Crippen LogP contribution in [0.2, 0.25) is 5.15 Å². The molecule has 1 aromatic rings. The molecule has 0 fully saturated rings. The van der Waals surface area contributed by atoms with E-state index < -0.39 is 0 Å². The van der Waals surface area contributed by atoms with Crippen molar-refractivity contribution in [3.63, 3.8) is 0 Å². The third kappa shape index (κ3) is 1.98. The fourth-order valence-electron chi connectivity index (χ4n) is 1.08. The molecule has 0 unspecified atom stereocenters. The van der Waals surface area contributed by atoms with E-state index in [1.54, 1.807) is 6.20 Å². The Hall–Kier alpha value is -0.560. The average Bonchev–Trinajstić information content (AvgIpc) is 1.92. The highest BCUT2D eigenvalue weighted by molar-refractivity contribution is 6.30. The first kappa shape index (κ1) is 9.53. The molecule has 0 aromatic carbocycles. The van der Waals surface area contributed by atoms with E-state index in [-0.39, 0.29) is 5.41 Å². The molecule has 0 saturated carbocycles. The van der Waals surface area contributed by atoms with E-state index in [2.05, 4.69) is 31.8 Å². The first-order valence-electron chi connectivity index (χ1n) is 4.04. The Morgan fingerprint density at radius 3 is 2.33 bits per heavy atom. The summed E-state index contributed by atoms with van der Waals surface area (Å²) in [6.45, 7) is 8.43. The molecule has 0 saturated heterocycles. The van der Waals surface area contributed by atoms with E-state index in [1.165, 1.54) is 0 Å². The van der Waals surface area contributed by atoms with Gasteiger partial charge in [0.25, 0.3) is 0 Å². The molecule has 1 heterocycles. The van der Waals surface area contributed by atoms with Crippen LogP contribution >= 0.6 is 11.6 Å². The lowest BCUT2D eigenvalue weighted by molar-refractivity contribution is 0.587. The van der Waals surface area contributed by atoms with E-state index in [9.17, 15) is 0 Å². The van der Waals surface area contributed by atoms with Gasteiger partial charge in [-0.05, 0) is 23.5 Å². The molecule has 0 bridgehead atoms. The Kier molecular flexibility index (Phi) is 2.43. The fraction of sp³-hybridized carbons (Fsp3) is 0.500. The van der Waals surface area contributed by atoms with E-state index in [4.69, 9.17) is 11.6 Å². The number of aromatic nitrogens is 1. The van der Waals surface area contributed by atoms with Crippen LogP contribution in [0.25, 0.3) is 0 Å². The second kappa shape index (κ2) is 3.06. The van der Waals surface area contributed by atoms with Crippen molar-refractivity contribution in [2.75, 3.05) is 0 Å². The maximum absolute atomic E-state index is 5.97. The van der Waals surface area contributed by atoms with Crippen LogP contribution in [0, 0.1) is 6.92 Å². The largest absolute Gasteiger partial charge is 0.244 e. The second-order valence-corrected chi connectivity index (χ2v) is 4.46. The maximum Gasteiger partial charge on any atom is 0.132 e. The third-order valence-electron chi connectivity index (χ3n) is 1.78. The molecule has 0 aliphatic carbocycles. The van der Waals surface area contributed by atoms with Crippen LogP contribution < -0.4 is 0 Å². The Bertz CT molecular complexity index is 286. The lowest BCUT2D eigenvalue weighted by atomic mass is 9.88. The predicted octanol–water partition coefficient (Wildman–Crippen LogP) is 3.34. The van der Waals surface area contributed by atoms with Gasteiger partial charge in [-0.3, -0.25) is 0 Å². The number of nitrogens with zero attached hydrogens (tertiary/aromatic N) is 1. The van der Waals surface area contributed by atoms with Gasteiger partial charge in [-0.15, -0.1) is 0 Å². The normalized spacial score (nSPS) is 11.8. The van der Waals surface area contributed by atoms with Crippen molar-refractivity contribution in [3.8, 4) is 0 Å². The molecular formula is C10H14ClN. The van der Waals surface area contributed by atoms with Gasteiger partial charge in [-0.25, -0.2) is 4.98 Å². The van der Waals surface area contributed by atoms with Gasteiger partial charge >= 0.3 is 0 Å². The van der Waals surface area contributed by atoms with Gasteiger partial charge in [0, 0.05) is 6.20 Å². The maximum atomic E-state index is 5.97. The van der Waals surface area contributed by atoms with Gasteiger partial charge in [-0.1, -0.05) is 38.4 Å². The number of hydrogen-bond donors (Lipinski definition) is 0. The number of pyridine rings is 1. The third-order valence-corrected chi connectivity index (χ3v) is 2.08. The zero-order valence-electron chi connectivity index (χ0n) is 7.98.